The molecule has 0 aliphatic heterocycles. The second-order valence-corrected chi connectivity index (χ2v) is 6.96. The quantitative estimate of drug-likeness (QED) is 0.379. The fraction of sp³-hybridized carbons (Fsp3) is 0.333. The molecule has 0 fully saturated rings. The van der Waals surface area contributed by atoms with Gasteiger partial charge in [-0.1, -0.05) is 11.8 Å². The SMILES string of the molecule is Cc1nc2nc(SCCCC(=O)c3ccc(F)cc3)nn2c(C)c1C. The van der Waals surface area contributed by atoms with Crippen LogP contribution in [0.3, 0.4) is 0 Å². The summed E-state index contributed by atoms with van der Waals surface area (Å²) in [5.41, 5.74) is 3.65. The van der Waals surface area contributed by atoms with Crippen LogP contribution in [0.15, 0.2) is 29.4 Å². The molecule has 3 rings (SSSR count). The topological polar surface area (TPSA) is 60.2 Å². The second kappa shape index (κ2) is 7.31. The number of nitrogens with zero attached hydrogens (tertiary/aromatic N) is 4. The van der Waals surface area contributed by atoms with Crippen LogP contribution < -0.4 is 0 Å². The zero-order valence-corrected chi connectivity index (χ0v) is 15.2. The molecular formula is C18H19FN4OS. The van der Waals surface area contributed by atoms with Crippen LogP contribution >= 0.6 is 11.8 Å². The molecule has 130 valence electrons. The van der Waals surface area contributed by atoms with E-state index < -0.39 is 0 Å². The number of thioether (sulfide) groups is 1. The number of hydrogen-bond acceptors (Lipinski definition) is 5. The number of Topliss-reactive ketones (excluding diaryl/α,β-unsaturated/α-hetero) is 1. The van der Waals surface area contributed by atoms with Crippen molar-refractivity contribution in [1.29, 1.82) is 0 Å². The fourth-order valence-corrected chi connectivity index (χ4v) is 3.23. The Morgan fingerprint density at radius 1 is 1.16 bits per heavy atom. The summed E-state index contributed by atoms with van der Waals surface area (Å²) in [5.74, 6) is 1.03. The van der Waals surface area contributed by atoms with Gasteiger partial charge in [-0.25, -0.2) is 13.9 Å². The Balaban J connectivity index is 1.57. The zero-order chi connectivity index (χ0) is 18.0. The van der Waals surface area contributed by atoms with Crippen LogP contribution in [-0.2, 0) is 0 Å². The lowest BCUT2D eigenvalue weighted by Crippen LogP contribution is -2.02. The first-order valence-electron chi connectivity index (χ1n) is 8.08. The van der Waals surface area contributed by atoms with Crippen LogP contribution in [0.25, 0.3) is 5.78 Å². The standard InChI is InChI=1S/C18H19FN4OS/c1-11-12(2)20-17-21-18(22-23(17)13(11)3)25-10-4-5-16(24)14-6-8-15(19)9-7-14/h6-9H,4-5,10H2,1-3H3. The highest BCUT2D eigenvalue weighted by molar-refractivity contribution is 7.99. The first-order chi connectivity index (χ1) is 12.0. The van der Waals surface area contributed by atoms with Gasteiger partial charge in [0, 0.05) is 29.1 Å². The molecule has 1 aromatic carbocycles. The van der Waals surface area contributed by atoms with Gasteiger partial charge in [-0.05, 0) is 57.0 Å². The smallest absolute Gasteiger partial charge is 0.253 e. The average Bonchev–Trinajstić information content (AvgIpc) is 3.00. The first kappa shape index (κ1) is 17.5. The van der Waals surface area contributed by atoms with Crippen molar-refractivity contribution in [3.8, 4) is 0 Å². The summed E-state index contributed by atoms with van der Waals surface area (Å²) in [6.07, 6.45) is 1.13. The van der Waals surface area contributed by atoms with Crippen molar-refractivity contribution in [3.63, 3.8) is 0 Å². The number of hydrogen-bond donors (Lipinski definition) is 0. The van der Waals surface area contributed by atoms with Crippen LogP contribution in [-0.4, -0.2) is 31.1 Å². The van der Waals surface area contributed by atoms with Crippen LogP contribution in [0.5, 0.6) is 0 Å². The van der Waals surface area contributed by atoms with Crippen molar-refractivity contribution in [2.75, 3.05) is 5.75 Å². The van der Waals surface area contributed by atoms with Gasteiger partial charge < -0.3 is 0 Å². The lowest BCUT2D eigenvalue weighted by Gasteiger charge is -2.04. The van der Waals surface area contributed by atoms with E-state index in [1.165, 1.54) is 36.0 Å². The van der Waals surface area contributed by atoms with E-state index in [1.54, 1.807) is 4.52 Å². The van der Waals surface area contributed by atoms with Crippen molar-refractivity contribution >= 4 is 23.3 Å². The Bertz CT molecular complexity index is 921. The van der Waals surface area contributed by atoms with Gasteiger partial charge in [-0.2, -0.15) is 4.98 Å². The van der Waals surface area contributed by atoms with Crippen LogP contribution in [0.2, 0.25) is 0 Å². The molecule has 0 aliphatic rings. The van der Waals surface area contributed by atoms with Gasteiger partial charge >= 0.3 is 0 Å². The number of carbonyl (C=O) groups excluding carboxylic acids is 1. The van der Waals surface area contributed by atoms with Gasteiger partial charge in [0.05, 0.1) is 0 Å². The second-order valence-electron chi connectivity index (χ2n) is 5.90. The summed E-state index contributed by atoms with van der Waals surface area (Å²) in [7, 11) is 0. The summed E-state index contributed by atoms with van der Waals surface area (Å²) in [4.78, 5) is 20.9. The van der Waals surface area contributed by atoms with E-state index in [2.05, 4.69) is 15.1 Å². The lowest BCUT2D eigenvalue weighted by atomic mass is 10.1. The Labute approximate surface area is 149 Å². The van der Waals surface area contributed by atoms with E-state index in [9.17, 15) is 9.18 Å². The molecule has 0 spiro atoms. The highest BCUT2D eigenvalue weighted by atomic mass is 32.2. The van der Waals surface area contributed by atoms with Gasteiger partial charge in [-0.3, -0.25) is 4.79 Å². The Morgan fingerprint density at radius 2 is 1.88 bits per heavy atom. The minimum atomic E-state index is -0.334. The maximum atomic E-state index is 12.9. The molecule has 0 amide bonds. The molecule has 0 radical (unpaired) electrons. The van der Waals surface area contributed by atoms with Crippen molar-refractivity contribution in [2.24, 2.45) is 0 Å². The van der Waals surface area contributed by atoms with Crippen molar-refractivity contribution in [1.82, 2.24) is 19.6 Å². The van der Waals surface area contributed by atoms with E-state index in [1.807, 2.05) is 20.8 Å². The van der Waals surface area contributed by atoms with Crippen molar-refractivity contribution in [3.05, 3.63) is 52.6 Å². The van der Waals surface area contributed by atoms with E-state index in [-0.39, 0.29) is 11.6 Å². The highest BCUT2D eigenvalue weighted by Crippen LogP contribution is 2.19. The molecular weight excluding hydrogens is 339 g/mol. The minimum Gasteiger partial charge on any atom is -0.294 e. The summed E-state index contributed by atoms with van der Waals surface area (Å²) in [6, 6.07) is 5.66. The molecule has 7 heteroatoms. The van der Waals surface area contributed by atoms with E-state index in [4.69, 9.17) is 0 Å². The van der Waals surface area contributed by atoms with Gasteiger partial charge in [0.1, 0.15) is 5.82 Å². The van der Waals surface area contributed by atoms with E-state index in [0.717, 1.165) is 22.7 Å². The summed E-state index contributed by atoms with van der Waals surface area (Å²) in [5, 5.41) is 5.14. The molecule has 5 nitrogen and oxygen atoms in total. The van der Waals surface area contributed by atoms with Gasteiger partial charge in [0.2, 0.25) is 5.16 Å². The molecule has 0 unspecified atom stereocenters. The molecule has 3 aromatic rings. The first-order valence-corrected chi connectivity index (χ1v) is 9.06. The number of halogens is 1. The highest BCUT2D eigenvalue weighted by Gasteiger charge is 2.11. The van der Waals surface area contributed by atoms with Crippen molar-refractivity contribution < 1.29 is 9.18 Å². The summed E-state index contributed by atoms with van der Waals surface area (Å²) in [6.45, 7) is 5.99. The number of ketones is 1. The molecule has 2 aromatic heterocycles. The number of carbonyl (C=O) groups is 1. The summed E-state index contributed by atoms with van der Waals surface area (Å²) >= 11 is 1.51. The predicted octanol–water partition coefficient (Wildman–Crippen LogP) is 3.94. The van der Waals surface area contributed by atoms with Crippen molar-refractivity contribution in [2.45, 2.75) is 38.8 Å². The number of aryl methyl sites for hydroxylation is 2. The number of benzene rings is 1. The maximum Gasteiger partial charge on any atom is 0.253 e. The largest absolute Gasteiger partial charge is 0.294 e. The minimum absolute atomic E-state index is 0.0207. The molecule has 0 N–H and O–H groups in total. The molecule has 0 saturated carbocycles. The molecule has 0 bridgehead atoms. The monoisotopic (exact) mass is 358 g/mol. The Hall–Kier alpha value is -2.28. The maximum absolute atomic E-state index is 12.9. The van der Waals surface area contributed by atoms with E-state index in [0.29, 0.717) is 29.3 Å². The molecule has 25 heavy (non-hydrogen) atoms. The van der Waals surface area contributed by atoms with Crippen LogP contribution in [0.4, 0.5) is 4.39 Å². The van der Waals surface area contributed by atoms with Crippen LogP contribution in [0, 0.1) is 26.6 Å². The molecule has 0 atom stereocenters. The number of aromatic nitrogens is 4. The molecule has 2 heterocycles. The Kier molecular flexibility index (Phi) is 5.13. The third-order valence-corrected chi connectivity index (χ3v) is 5.11. The average molecular weight is 358 g/mol. The number of rotatable bonds is 6. The summed E-state index contributed by atoms with van der Waals surface area (Å²) < 4.78 is 14.6. The molecule has 0 aliphatic carbocycles. The van der Waals surface area contributed by atoms with Gasteiger partial charge in [-0.15, -0.1) is 5.10 Å². The van der Waals surface area contributed by atoms with Gasteiger partial charge in [0.15, 0.2) is 5.78 Å². The zero-order valence-electron chi connectivity index (χ0n) is 14.4. The molecule has 0 saturated heterocycles. The third kappa shape index (κ3) is 3.87. The normalized spacial score (nSPS) is 11.2. The van der Waals surface area contributed by atoms with Crippen LogP contribution in [0.1, 0.15) is 40.2 Å². The van der Waals surface area contributed by atoms with E-state index >= 15 is 0 Å². The Morgan fingerprint density at radius 3 is 2.60 bits per heavy atom. The number of fused-ring (bicyclic) bond motifs is 1. The lowest BCUT2D eigenvalue weighted by molar-refractivity contribution is 0.0982. The predicted molar refractivity (Wildman–Crippen MR) is 95.7 cm³/mol. The third-order valence-electron chi connectivity index (χ3n) is 4.19. The van der Waals surface area contributed by atoms with Gasteiger partial charge in [0.25, 0.3) is 5.78 Å². The fourth-order valence-electron chi connectivity index (χ4n) is 2.47.